The van der Waals surface area contributed by atoms with Gasteiger partial charge in [0.15, 0.2) is 0 Å². The third kappa shape index (κ3) is 13.0. The molecule has 0 aliphatic rings. The van der Waals surface area contributed by atoms with Crippen molar-refractivity contribution in [3.63, 3.8) is 0 Å². The molecule has 0 rings (SSSR count). The molecule has 0 aromatic heterocycles. The third-order valence-corrected chi connectivity index (χ3v) is 4.64. The van der Waals surface area contributed by atoms with Crippen LogP contribution in [0.15, 0.2) is 0 Å². The van der Waals surface area contributed by atoms with Gasteiger partial charge in [0, 0.05) is 0 Å². The maximum absolute atomic E-state index is 2.47. The largest absolute Gasteiger partial charge is 0.307 e. The number of rotatable bonds is 15. The summed E-state index contributed by atoms with van der Waals surface area (Å²) in [4.78, 5) is 2.47. The topological polar surface area (TPSA) is 3.24 Å². The molecule has 0 radical (unpaired) electrons. The predicted molar refractivity (Wildman–Crippen MR) is 93.4 cm³/mol. The molecule has 0 saturated carbocycles. The van der Waals surface area contributed by atoms with Gasteiger partial charge in [-0.2, -0.15) is 0 Å². The molecule has 0 heterocycles. The SMILES string of the molecule is CCCCCCCC(CCCCCC)CCN(C)CC. The summed E-state index contributed by atoms with van der Waals surface area (Å²) in [7, 11) is 2.26. The maximum atomic E-state index is 2.47. The van der Waals surface area contributed by atoms with Crippen molar-refractivity contribution in [1.82, 2.24) is 4.90 Å². The Kier molecular flexibility index (Phi) is 15.3. The van der Waals surface area contributed by atoms with E-state index in [-0.39, 0.29) is 0 Å². The van der Waals surface area contributed by atoms with Crippen molar-refractivity contribution in [2.75, 3.05) is 20.1 Å². The number of hydrogen-bond donors (Lipinski definition) is 0. The summed E-state index contributed by atoms with van der Waals surface area (Å²) in [5.41, 5.74) is 0. The highest BCUT2D eigenvalue weighted by Gasteiger charge is 2.09. The Morgan fingerprint density at radius 2 is 1.15 bits per heavy atom. The van der Waals surface area contributed by atoms with Crippen LogP contribution in [0.3, 0.4) is 0 Å². The van der Waals surface area contributed by atoms with Crippen LogP contribution in [-0.2, 0) is 0 Å². The Labute approximate surface area is 129 Å². The highest BCUT2D eigenvalue weighted by molar-refractivity contribution is 4.63. The Bertz CT molecular complexity index is 179. The lowest BCUT2D eigenvalue weighted by molar-refractivity contribution is 0.289. The van der Waals surface area contributed by atoms with Gasteiger partial charge in [-0.1, -0.05) is 91.4 Å². The molecule has 0 N–H and O–H groups in total. The zero-order valence-electron chi connectivity index (χ0n) is 14.9. The predicted octanol–water partition coefficient (Wildman–Crippen LogP) is 6.28. The lowest BCUT2D eigenvalue weighted by Gasteiger charge is -2.21. The van der Waals surface area contributed by atoms with E-state index in [9.17, 15) is 0 Å². The summed E-state index contributed by atoms with van der Waals surface area (Å²) in [5.74, 6) is 0.988. The van der Waals surface area contributed by atoms with Crippen molar-refractivity contribution < 1.29 is 0 Å². The number of nitrogens with zero attached hydrogens (tertiary/aromatic N) is 1. The first-order chi connectivity index (χ1) is 9.74. The molecule has 122 valence electrons. The molecule has 0 spiro atoms. The summed E-state index contributed by atoms with van der Waals surface area (Å²) in [5, 5.41) is 0. The van der Waals surface area contributed by atoms with Gasteiger partial charge in [-0.05, 0) is 32.5 Å². The minimum absolute atomic E-state index is 0.988. The molecule has 0 aliphatic heterocycles. The van der Waals surface area contributed by atoms with Crippen LogP contribution >= 0.6 is 0 Å². The summed E-state index contributed by atoms with van der Waals surface area (Å²) < 4.78 is 0. The fourth-order valence-electron chi connectivity index (χ4n) is 2.89. The fourth-order valence-corrected chi connectivity index (χ4v) is 2.89. The summed E-state index contributed by atoms with van der Waals surface area (Å²) in [6.45, 7) is 9.36. The molecule has 1 unspecified atom stereocenters. The molecule has 0 aliphatic carbocycles. The van der Waals surface area contributed by atoms with Gasteiger partial charge in [0.25, 0.3) is 0 Å². The molecule has 20 heavy (non-hydrogen) atoms. The van der Waals surface area contributed by atoms with Crippen LogP contribution in [0.25, 0.3) is 0 Å². The minimum Gasteiger partial charge on any atom is -0.307 e. The van der Waals surface area contributed by atoms with Gasteiger partial charge in [-0.25, -0.2) is 0 Å². The van der Waals surface area contributed by atoms with Crippen molar-refractivity contribution >= 4 is 0 Å². The van der Waals surface area contributed by atoms with E-state index in [0.717, 1.165) is 5.92 Å². The highest BCUT2D eigenvalue weighted by Crippen LogP contribution is 2.22. The van der Waals surface area contributed by atoms with Crippen molar-refractivity contribution in [1.29, 1.82) is 0 Å². The van der Waals surface area contributed by atoms with Crippen molar-refractivity contribution in [3.8, 4) is 0 Å². The standard InChI is InChI=1S/C19H41N/c1-5-8-10-12-14-16-19(15-13-11-9-6-2)17-18-20(4)7-3/h19H,5-18H2,1-4H3. The van der Waals surface area contributed by atoms with Gasteiger partial charge in [0.2, 0.25) is 0 Å². The van der Waals surface area contributed by atoms with E-state index in [1.54, 1.807) is 0 Å². The van der Waals surface area contributed by atoms with E-state index in [4.69, 9.17) is 0 Å². The molecule has 0 amide bonds. The second-order valence-corrected chi connectivity index (χ2v) is 6.60. The minimum atomic E-state index is 0.988. The summed E-state index contributed by atoms with van der Waals surface area (Å²) in [6, 6.07) is 0. The molecule has 0 saturated heterocycles. The van der Waals surface area contributed by atoms with Crippen molar-refractivity contribution in [2.24, 2.45) is 5.92 Å². The molecular weight excluding hydrogens is 242 g/mol. The van der Waals surface area contributed by atoms with Crippen molar-refractivity contribution in [2.45, 2.75) is 97.8 Å². The molecule has 0 bridgehead atoms. The van der Waals surface area contributed by atoms with Crippen LogP contribution in [-0.4, -0.2) is 25.0 Å². The molecule has 0 aromatic rings. The van der Waals surface area contributed by atoms with Crippen LogP contribution in [0.4, 0.5) is 0 Å². The summed E-state index contributed by atoms with van der Waals surface area (Å²) >= 11 is 0. The van der Waals surface area contributed by atoms with E-state index >= 15 is 0 Å². The molecule has 0 aromatic carbocycles. The van der Waals surface area contributed by atoms with Crippen LogP contribution in [0, 0.1) is 5.92 Å². The van der Waals surface area contributed by atoms with E-state index in [1.165, 1.54) is 90.1 Å². The Morgan fingerprint density at radius 3 is 1.65 bits per heavy atom. The van der Waals surface area contributed by atoms with E-state index < -0.39 is 0 Å². The van der Waals surface area contributed by atoms with Crippen LogP contribution in [0.1, 0.15) is 97.8 Å². The first-order valence-corrected chi connectivity index (χ1v) is 9.43. The molecule has 1 atom stereocenters. The van der Waals surface area contributed by atoms with E-state index in [2.05, 4.69) is 32.7 Å². The van der Waals surface area contributed by atoms with Crippen LogP contribution < -0.4 is 0 Å². The van der Waals surface area contributed by atoms with Gasteiger partial charge in [-0.15, -0.1) is 0 Å². The van der Waals surface area contributed by atoms with Crippen LogP contribution in [0.2, 0.25) is 0 Å². The maximum Gasteiger partial charge on any atom is -0.00193 e. The third-order valence-electron chi connectivity index (χ3n) is 4.64. The van der Waals surface area contributed by atoms with Gasteiger partial charge < -0.3 is 4.90 Å². The second-order valence-electron chi connectivity index (χ2n) is 6.60. The quantitative estimate of drug-likeness (QED) is 0.320. The summed E-state index contributed by atoms with van der Waals surface area (Å²) in [6.07, 6.45) is 17.3. The Hall–Kier alpha value is -0.0400. The highest BCUT2D eigenvalue weighted by atomic mass is 15.1. The van der Waals surface area contributed by atoms with Gasteiger partial charge >= 0.3 is 0 Å². The first kappa shape index (κ1) is 20.0. The molecule has 1 heteroatoms. The lowest BCUT2D eigenvalue weighted by atomic mass is 9.91. The second kappa shape index (κ2) is 15.4. The van der Waals surface area contributed by atoms with Crippen molar-refractivity contribution in [3.05, 3.63) is 0 Å². The number of unbranched alkanes of at least 4 members (excludes halogenated alkanes) is 7. The fraction of sp³-hybridized carbons (Fsp3) is 1.00. The Morgan fingerprint density at radius 1 is 0.650 bits per heavy atom. The monoisotopic (exact) mass is 283 g/mol. The van der Waals surface area contributed by atoms with E-state index in [1.807, 2.05) is 0 Å². The average Bonchev–Trinajstić information content (AvgIpc) is 2.47. The smallest absolute Gasteiger partial charge is 0.00193 e. The molecule has 0 fully saturated rings. The number of hydrogen-bond acceptors (Lipinski definition) is 1. The Balaban J connectivity index is 3.78. The molecular formula is C19H41N. The van der Waals surface area contributed by atoms with Gasteiger partial charge in [0.1, 0.15) is 0 Å². The first-order valence-electron chi connectivity index (χ1n) is 9.43. The average molecular weight is 284 g/mol. The normalized spacial score (nSPS) is 13.1. The van der Waals surface area contributed by atoms with E-state index in [0.29, 0.717) is 0 Å². The molecule has 1 nitrogen and oxygen atoms in total. The zero-order valence-corrected chi connectivity index (χ0v) is 14.9. The van der Waals surface area contributed by atoms with Gasteiger partial charge in [-0.3, -0.25) is 0 Å². The van der Waals surface area contributed by atoms with Gasteiger partial charge in [0.05, 0.1) is 0 Å². The lowest BCUT2D eigenvalue weighted by Crippen LogP contribution is -2.21. The van der Waals surface area contributed by atoms with Crippen LogP contribution in [0.5, 0.6) is 0 Å². The zero-order chi connectivity index (χ0) is 15.1.